The Bertz CT molecular complexity index is 261. The van der Waals surface area contributed by atoms with Crippen molar-refractivity contribution in [3.63, 3.8) is 0 Å². The van der Waals surface area contributed by atoms with Crippen LogP contribution < -0.4 is 5.32 Å². The molecule has 70 valence electrons. The summed E-state index contributed by atoms with van der Waals surface area (Å²) in [5, 5.41) is 6.51. The molecular weight excluding hydrogens is 180 g/mol. The predicted molar refractivity (Wildman–Crippen MR) is 56.6 cm³/mol. The Morgan fingerprint density at radius 2 is 2.62 bits per heavy atom. The number of terminal acetylenes is 1. The van der Waals surface area contributed by atoms with Gasteiger partial charge in [-0.05, 0) is 19.9 Å². The van der Waals surface area contributed by atoms with Crippen LogP contribution in [0.15, 0.2) is 11.6 Å². The van der Waals surface area contributed by atoms with Gasteiger partial charge in [-0.15, -0.1) is 23.7 Å². The van der Waals surface area contributed by atoms with Gasteiger partial charge in [0.05, 0.1) is 6.04 Å². The first-order valence-corrected chi connectivity index (χ1v) is 5.29. The summed E-state index contributed by atoms with van der Waals surface area (Å²) in [7, 11) is 0. The lowest BCUT2D eigenvalue weighted by molar-refractivity contribution is 0.560. The molecule has 0 bridgehead atoms. The maximum atomic E-state index is 5.15. The molecule has 0 saturated carbocycles. The van der Waals surface area contributed by atoms with Crippen molar-refractivity contribution in [2.45, 2.75) is 25.8 Å². The highest BCUT2D eigenvalue weighted by Crippen LogP contribution is 2.14. The van der Waals surface area contributed by atoms with Gasteiger partial charge in [-0.25, -0.2) is 4.98 Å². The van der Waals surface area contributed by atoms with Gasteiger partial charge in [-0.1, -0.05) is 0 Å². The first-order valence-electron chi connectivity index (χ1n) is 4.41. The van der Waals surface area contributed by atoms with Gasteiger partial charge < -0.3 is 5.32 Å². The first-order chi connectivity index (χ1) is 6.34. The monoisotopic (exact) mass is 194 g/mol. The molecule has 1 heterocycles. The molecule has 1 aromatic rings. The van der Waals surface area contributed by atoms with Gasteiger partial charge in [0.2, 0.25) is 0 Å². The minimum absolute atomic E-state index is 0.345. The topological polar surface area (TPSA) is 24.9 Å². The molecule has 1 atom stereocenters. The van der Waals surface area contributed by atoms with Crippen LogP contribution in [-0.2, 0) is 0 Å². The number of unbranched alkanes of at least 4 members (excludes halogenated alkanes) is 1. The van der Waals surface area contributed by atoms with Gasteiger partial charge in [-0.3, -0.25) is 0 Å². The Balaban J connectivity index is 2.19. The van der Waals surface area contributed by atoms with Crippen molar-refractivity contribution >= 4 is 11.3 Å². The summed E-state index contributed by atoms with van der Waals surface area (Å²) < 4.78 is 0. The predicted octanol–water partition coefficient (Wildman–Crippen LogP) is 2.21. The van der Waals surface area contributed by atoms with Gasteiger partial charge in [-0.2, -0.15) is 0 Å². The molecule has 13 heavy (non-hydrogen) atoms. The van der Waals surface area contributed by atoms with Gasteiger partial charge in [0.25, 0.3) is 0 Å². The molecule has 0 amide bonds. The Morgan fingerprint density at radius 1 is 1.77 bits per heavy atom. The van der Waals surface area contributed by atoms with E-state index >= 15 is 0 Å². The molecule has 0 fully saturated rings. The smallest absolute Gasteiger partial charge is 0.109 e. The van der Waals surface area contributed by atoms with Crippen molar-refractivity contribution in [3.05, 3.63) is 16.6 Å². The van der Waals surface area contributed by atoms with Crippen molar-refractivity contribution in [2.75, 3.05) is 6.54 Å². The van der Waals surface area contributed by atoms with E-state index in [4.69, 9.17) is 6.42 Å². The molecular formula is C10H14N2S. The molecule has 1 aromatic heterocycles. The van der Waals surface area contributed by atoms with Crippen molar-refractivity contribution in [3.8, 4) is 12.3 Å². The molecule has 1 unspecified atom stereocenters. The second-order valence-corrected chi connectivity index (χ2v) is 3.78. The minimum atomic E-state index is 0.345. The number of aromatic nitrogens is 1. The molecule has 0 spiro atoms. The fraction of sp³-hybridized carbons (Fsp3) is 0.500. The number of nitrogens with one attached hydrogen (secondary N) is 1. The maximum absolute atomic E-state index is 5.15. The molecule has 0 aliphatic rings. The Hall–Kier alpha value is -0.850. The Kier molecular flexibility index (Phi) is 4.52. The van der Waals surface area contributed by atoms with Crippen LogP contribution in [0.5, 0.6) is 0 Å². The Morgan fingerprint density at radius 3 is 3.23 bits per heavy atom. The molecule has 0 aromatic carbocycles. The first kappa shape index (κ1) is 10.2. The largest absolute Gasteiger partial charge is 0.308 e. The SMILES string of the molecule is C#CCCCNC(C)c1nccs1. The zero-order valence-corrected chi connectivity index (χ0v) is 8.60. The fourth-order valence-corrected chi connectivity index (χ4v) is 1.71. The zero-order chi connectivity index (χ0) is 9.52. The fourth-order valence-electron chi connectivity index (χ4n) is 1.04. The van der Waals surface area contributed by atoms with Gasteiger partial charge >= 0.3 is 0 Å². The van der Waals surface area contributed by atoms with Crippen LogP contribution in [0.2, 0.25) is 0 Å². The van der Waals surface area contributed by atoms with Crippen molar-refractivity contribution < 1.29 is 0 Å². The van der Waals surface area contributed by atoms with Crippen LogP contribution >= 0.6 is 11.3 Å². The lowest BCUT2D eigenvalue weighted by Gasteiger charge is -2.09. The molecule has 1 N–H and O–H groups in total. The van der Waals surface area contributed by atoms with Crippen LogP contribution in [-0.4, -0.2) is 11.5 Å². The highest BCUT2D eigenvalue weighted by Gasteiger charge is 2.05. The minimum Gasteiger partial charge on any atom is -0.308 e. The van der Waals surface area contributed by atoms with Crippen LogP contribution in [0.4, 0.5) is 0 Å². The van der Waals surface area contributed by atoms with Crippen LogP contribution in [0.1, 0.15) is 30.8 Å². The van der Waals surface area contributed by atoms with E-state index in [9.17, 15) is 0 Å². The third-order valence-corrected chi connectivity index (χ3v) is 2.73. The van der Waals surface area contributed by atoms with Gasteiger partial charge in [0, 0.05) is 18.0 Å². The number of hydrogen-bond donors (Lipinski definition) is 1. The van der Waals surface area contributed by atoms with E-state index in [2.05, 4.69) is 23.1 Å². The lowest BCUT2D eigenvalue weighted by Crippen LogP contribution is -2.19. The molecule has 0 aliphatic heterocycles. The highest BCUT2D eigenvalue weighted by molar-refractivity contribution is 7.09. The lowest BCUT2D eigenvalue weighted by atomic mass is 10.3. The summed E-state index contributed by atoms with van der Waals surface area (Å²) in [5.41, 5.74) is 0. The zero-order valence-electron chi connectivity index (χ0n) is 7.79. The van der Waals surface area contributed by atoms with Gasteiger partial charge in [0.1, 0.15) is 5.01 Å². The van der Waals surface area contributed by atoms with Crippen LogP contribution in [0, 0.1) is 12.3 Å². The quantitative estimate of drug-likeness (QED) is 0.574. The third-order valence-electron chi connectivity index (χ3n) is 1.77. The molecule has 0 aliphatic carbocycles. The summed E-state index contributed by atoms with van der Waals surface area (Å²) in [6.07, 6.45) is 8.86. The second kappa shape index (κ2) is 5.74. The van der Waals surface area contributed by atoms with Crippen molar-refractivity contribution in [2.24, 2.45) is 0 Å². The van der Waals surface area contributed by atoms with Gasteiger partial charge in [0.15, 0.2) is 0 Å². The number of nitrogens with zero attached hydrogens (tertiary/aromatic N) is 1. The second-order valence-electron chi connectivity index (χ2n) is 2.85. The summed E-state index contributed by atoms with van der Waals surface area (Å²) in [4.78, 5) is 4.23. The van der Waals surface area contributed by atoms with E-state index in [0.29, 0.717) is 6.04 Å². The molecule has 1 rings (SSSR count). The highest BCUT2D eigenvalue weighted by atomic mass is 32.1. The normalized spacial score (nSPS) is 12.3. The third kappa shape index (κ3) is 3.58. The van der Waals surface area contributed by atoms with E-state index in [0.717, 1.165) is 24.4 Å². The molecule has 2 nitrogen and oxygen atoms in total. The standard InChI is InChI=1S/C10H14N2S/c1-3-4-5-6-11-9(2)10-12-7-8-13-10/h1,7-9,11H,4-6H2,2H3. The van der Waals surface area contributed by atoms with E-state index in [1.165, 1.54) is 0 Å². The van der Waals surface area contributed by atoms with E-state index in [1.807, 2.05) is 11.6 Å². The van der Waals surface area contributed by atoms with E-state index in [-0.39, 0.29) is 0 Å². The van der Waals surface area contributed by atoms with Crippen LogP contribution in [0.3, 0.4) is 0 Å². The average Bonchev–Trinajstić information content (AvgIpc) is 2.65. The van der Waals surface area contributed by atoms with Crippen molar-refractivity contribution in [1.29, 1.82) is 0 Å². The number of thiazole rings is 1. The molecule has 0 saturated heterocycles. The summed E-state index contributed by atoms with van der Waals surface area (Å²) >= 11 is 1.68. The Labute approximate surface area is 83.4 Å². The summed E-state index contributed by atoms with van der Waals surface area (Å²) in [5.74, 6) is 2.62. The summed E-state index contributed by atoms with van der Waals surface area (Å²) in [6.45, 7) is 3.08. The van der Waals surface area contributed by atoms with Crippen molar-refractivity contribution in [1.82, 2.24) is 10.3 Å². The number of hydrogen-bond acceptors (Lipinski definition) is 3. The maximum Gasteiger partial charge on any atom is 0.109 e. The summed E-state index contributed by atoms with van der Waals surface area (Å²) in [6, 6.07) is 0.345. The molecule has 3 heteroatoms. The van der Waals surface area contributed by atoms with E-state index < -0.39 is 0 Å². The van der Waals surface area contributed by atoms with E-state index in [1.54, 1.807) is 11.3 Å². The molecule has 0 radical (unpaired) electrons. The number of rotatable bonds is 5. The average molecular weight is 194 g/mol. The van der Waals surface area contributed by atoms with Crippen LogP contribution in [0.25, 0.3) is 0 Å².